The summed E-state index contributed by atoms with van der Waals surface area (Å²) in [6.07, 6.45) is 0. The Morgan fingerprint density at radius 1 is 0.862 bits per heavy atom. The fourth-order valence-corrected chi connectivity index (χ4v) is 3.11. The monoisotopic (exact) mass is 421 g/mol. The zero-order chi connectivity index (χ0) is 21.0. The number of benzene rings is 2. The minimum absolute atomic E-state index is 0.143. The second-order valence-electron chi connectivity index (χ2n) is 6.52. The SMILES string of the molecule is O=C(NCC(=O)N1CCN(C(=O)c2ccc(Cl)cc2)CC1)c1cc(F)cc(F)c1. The first kappa shape index (κ1) is 20.7. The predicted molar refractivity (Wildman–Crippen MR) is 103 cm³/mol. The smallest absolute Gasteiger partial charge is 0.253 e. The van der Waals surface area contributed by atoms with Gasteiger partial charge < -0.3 is 15.1 Å². The lowest BCUT2D eigenvalue weighted by Crippen LogP contribution is -2.52. The summed E-state index contributed by atoms with van der Waals surface area (Å²) >= 11 is 5.83. The molecule has 3 amide bonds. The Balaban J connectivity index is 1.49. The lowest BCUT2D eigenvalue weighted by molar-refractivity contribution is -0.131. The molecule has 0 unspecified atom stereocenters. The Hall–Kier alpha value is -3.00. The average molecular weight is 422 g/mol. The van der Waals surface area contributed by atoms with Gasteiger partial charge in [-0.1, -0.05) is 11.6 Å². The molecule has 152 valence electrons. The molecule has 0 aromatic heterocycles. The van der Waals surface area contributed by atoms with Gasteiger partial charge >= 0.3 is 0 Å². The Morgan fingerprint density at radius 3 is 2.00 bits per heavy atom. The molecule has 0 aliphatic carbocycles. The molecular weight excluding hydrogens is 404 g/mol. The minimum atomic E-state index is -0.872. The number of carbonyl (C=O) groups excluding carboxylic acids is 3. The van der Waals surface area contributed by atoms with E-state index in [9.17, 15) is 23.2 Å². The van der Waals surface area contributed by atoms with E-state index >= 15 is 0 Å². The number of halogens is 3. The van der Waals surface area contributed by atoms with Crippen LogP contribution in [0.3, 0.4) is 0 Å². The van der Waals surface area contributed by atoms with Crippen LogP contribution >= 0.6 is 11.6 Å². The van der Waals surface area contributed by atoms with E-state index in [0.29, 0.717) is 42.8 Å². The molecule has 6 nitrogen and oxygen atoms in total. The number of amides is 3. The molecule has 29 heavy (non-hydrogen) atoms. The Kier molecular flexibility index (Phi) is 6.43. The zero-order valence-electron chi connectivity index (χ0n) is 15.3. The molecule has 1 heterocycles. The molecule has 0 saturated carbocycles. The van der Waals surface area contributed by atoms with Gasteiger partial charge in [0, 0.05) is 48.4 Å². The highest BCUT2D eigenvalue weighted by Gasteiger charge is 2.25. The van der Waals surface area contributed by atoms with Crippen molar-refractivity contribution in [2.45, 2.75) is 0 Å². The molecule has 1 saturated heterocycles. The van der Waals surface area contributed by atoms with E-state index in [0.717, 1.165) is 12.1 Å². The number of nitrogens with one attached hydrogen (secondary N) is 1. The predicted octanol–water partition coefficient (Wildman–Crippen LogP) is 2.33. The summed E-state index contributed by atoms with van der Waals surface area (Å²) in [5.41, 5.74) is 0.317. The van der Waals surface area contributed by atoms with Crippen LogP contribution in [-0.4, -0.2) is 60.2 Å². The largest absolute Gasteiger partial charge is 0.343 e. The van der Waals surface area contributed by atoms with E-state index in [2.05, 4.69) is 5.32 Å². The second-order valence-corrected chi connectivity index (χ2v) is 6.96. The Labute approximate surface area is 171 Å². The number of hydrogen-bond donors (Lipinski definition) is 1. The van der Waals surface area contributed by atoms with Crippen LogP contribution in [0.1, 0.15) is 20.7 Å². The van der Waals surface area contributed by atoms with E-state index in [4.69, 9.17) is 11.6 Å². The van der Waals surface area contributed by atoms with Gasteiger partial charge in [0.1, 0.15) is 11.6 Å². The Bertz CT molecular complexity index is 909. The molecule has 1 N–H and O–H groups in total. The van der Waals surface area contributed by atoms with Gasteiger partial charge in [-0.3, -0.25) is 14.4 Å². The van der Waals surface area contributed by atoms with Crippen molar-refractivity contribution in [3.05, 3.63) is 70.2 Å². The van der Waals surface area contributed by atoms with Gasteiger partial charge in [-0.25, -0.2) is 8.78 Å². The highest BCUT2D eigenvalue weighted by Crippen LogP contribution is 2.13. The van der Waals surface area contributed by atoms with Crippen molar-refractivity contribution in [1.82, 2.24) is 15.1 Å². The summed E-state index contributed by atoms with van der Waals surface area (Å²) in [6.45, 7) is 1.06. The number of carbonyl (C=O) groups is 3. The second kappa shape index (κ2) is 9.00. The maximum Gasteiger partial charge on any atom is 0.253 e. The average Bonchev–Trinajstić information content (AvgIpc) is 2.71. The number of nitrogens with zero attached hydrogens (tertiary/aromatic N) is 2. The zero-order valence-corrected chi connectivity index (χ0v) is 16.1. The van der Waals surface area contributed by atoms with Gasteiger partial charge in [0.25, 0.3) is 11.8 Å². The first-order valence-corrected chi connectivity index (χ1v) is 9.28. The first-order valence-electron chi connectivity index (χ1n) is 8.90. The molecule has 0 spiro atoms. The topological polar surface area (TPSA) is 69.7 Å². The third kappa shape index (κ3) is 5.29. The van der Waals surface area contributed by atoms with Crippen molar-refractivity contribution in [3.63, 3.8) is 0 Å². The molecule has 2 aromatic rings. The molecule has 1 fully saturated rings. The highest BCUT2D eigenvalue weighted by atomic mass is 35.5. The fourth-order valence-electron chi connectivity index (χ4n) is 2.99. The molecule has 1 aliphatic heterocycles. The third-order valence-electron chi connectivity index (χ3n) is 4.54. The van der Waals surface area contributed by atoms with Crippen molar-refractivity contribution < 1.29 is 23.2 Å². The van der Waals surface area contributed by atoms with E-state index < -0.39 is 17.5 Å². The van der Waals surface area contributed by atoms with Crippen LogP contribution in [0.25, 0.3) is 0 Å². The molecule has 0 bridgehead atoms. The lowest BCUT2D eigenvalue weighted by Gasteiger charge is -2.34. The van der Waals surface area contributed by atoms with Gasteiger partial charge in [-0.05, 0) is 36.4 Å². The van der Waals surface area contributed by atoms with Crippen molar-refractivity contribution in [2.75, 3.05) is 32.7 Å². The van der Waals surface area contributed by atoms with Crippen LogP contribution in [0.4, 0.5) is 8.78 Å². The van der Waals surface area contributed by atoms with Crippen molar-refractivity contribution in [3.8, 4) is 0 Å². The number of piperazine rings is 1. The molecular formula is C20H18ClF2N3O3. The molecule has 0 atom stereocenters. The summed E-state index contributed by atoms with van der Waals surface area (Å²) in [7, 11) is 0. The van der Waals surface area contributed by atoms with Crippen molar-refractivity contribution in [1.29, 1.82) is 0 Å². The Morgan fingerprint density at radius 2 is 1.41 bits per heavy atom. The van der Waals surface area contributed by atoms with Gasteiger partial charge in [0.05, 0.1) is 6.54 Å². The van der Waals surface area contributed by atoms with Crippen LogP contribution in [-0.2, 0) is 4.79 Å². The fraction of sp³-hybridized carbons (Fsp3) is 0.250. The van der Waals surface area contributed by atoms with Gasteiger partial charge in [0.15, 0.2) is 0 Å². The van der Waals surface area contributed by atoms with E-state index in [1.165, 1.54) is 4.90 Å². The number of rotatable bonds is 4. The third-order valence-corrected chi connectivity index (χ3v) is 4.79. The van der Waals surface area contributed by atoms with Crippen molar-refractivity contribution in [2.24, 2.45) is 0 Å². The van der Waals surface area contributed by atoms with Gasteiger partial charge in [0.2, 0.25) is 5.91 Å². The molecule has 3 rings (SSSR count). The number of hydrogen-bond acceptors (Lipinski definition) is 3. The van der Waals surface area contributed by atoms with E-state index in [-0.39, 0.29) is 23.9 Å². The van der Waals surface area contributed by atoms with Crippen molar-refractivity contribution >= 4 is 29.3 Å². The molecule has 1 aliphatic rings. The maximum absolute atomic E-state index is 13.2. The van der Waals surface area contributed by atoms with Crippen LogP contribution in [0.15, 0.2) is 42.5 Å². The van der Waals surface area contributed by atoms with E-state index in [1.54, 1.807) is 29.2 Å². The van der Waals surface area contributed by atoms with E-state index in [1.807, 2.05) is 0 Å². The summed E-state index contributed by atoms with van der Waals surface area (Å²) in [6, 6.07) is 9.02. The maximum atomic E-state index is 13.2. The summed E-state index contributed by atoms with van der Waals surface area (Å²) < 4.78 is 26.4. The van der Waals surface area contributed by atoms with Crippen LogP contribution in [0.5, 0.6) is 0 Å². The quantitative estimate of drug-likeness (QED) is 0.823. The summed E-state index contributed by atoms with van der Waals surface area (Å²) in [5, 5.41) is 2.90. The molecule has 0 radical (unpaired) electrons. The van der Waals surface area contributed by atoms with Gasteiger partial charge in [-0.2, -0.15) is 0 Å². The normalized spacial score (nSPS) is 13.9. The highest BCUT2D eigenvalue weighted by molar-refractivity contribution is 6.30. The van der Waals surface area contributed by atoms with Crippen LogP contribution in [0, 0.1) is 11.6 Å². The molecule has 9 heteroatoms. The summed E-state index contributed by atoms with van der Waals surface area (Å²) in [5.74, 6) is -2.97. The summed E-state index contributed by atoms with van der Waals surface area (Å²) in [4.78, 5) is 39.9. The first-order chi connectivity index (χ1) is 13.8. The standard InChI is InChI=1S/C20H18ClF2N3O3/c21-15-3-1-13(2-4-15)20(29)26-7-5-25(6-8-26)18(27)12-24-19(28)14-9-16(22)11-17(23)10-14/h1-4,9-11H,5-8,12H2,(H,24,28). The molecule has 2 aromatic carbocycles. The minimum Gasteiger partial charge on any atom is -0.343 e. The van der Waals surface area contributed by atoms with Crippen LogP contribution < -0.4 is 5.32 Å². The van der Waals surface area contributed by atoms with Gasteiger partial charge in [-0.15, -0.1) is 0 Å². The lowest BCUT2D eigenvalue weighted by atomic mass is 10.2. The van der Waals surface area contributed by atoms with Crippen LogP contribution in [0.2, 0.25) is 5.02 Å².